The van der Waals surface area contributed by atoms with Gasteiger partial charge in [-0.25, -0.2) is 4.79 Å². The Balaban J connectivity index is 1.58. The summed E-state index contributed by atoms with van der Waals surface area (Å²) in [4.78, 5) is 36.3. The van der Waals surface area contributed by atoms with Crippen molar-refractivity contribution in [2.45, 2.75) is 19.6 Å². The highest BCUT2D eigenvalue weighted by molar-refractivity contribution is 5.95. The van der Waals surface area contributed by atoms with Gasteiger partial charge in [0.2, 0.25) is 5.91 Å². The third-order valence-electron chi connectivity index (χ3n) is 4.67. The number of cyclic esters (lactones) is 1. The summed E-state index contributed by atoms with van der Waals surface area (Å²) < 4.78 is 21.6. The van der Waals surface area contributed by atoms with Crippen molar-refractivity contribution in [3.63, 3.8) is 0 Å². The molecule has 0 saturated carbocycles. The average molecular weight is 428 g/mol. The topological polar surface area (TPSA) is 103 Å². The molecule has 1 atom stereocenters. The van der Waals surface area contributed by atoms with Crippen LogP contribution in [0.2, 0.25) is 0 Å². The van der Waals surface area contributed by atoms with Gasteiger partial charge in [-0.05, 0) is 35.9 Å². The molecule has 1 N–H and O–H groups in total. The van der Waals surface area contributed by atoms with Crippen LogP contribution >= 0.6 is 0 Å². The Labute approximate surface area is 179 Å². The predicted molar refractivity (Wildman–Crippen MR) is 112 cm³/mol. The van der Waals surface area contributed by atoms with Gasteiger partial charge < -0.3 is 29.2 Å². The molecule has 1 aliphatic rings. The first-order valence-electron chi connectivity index (χ1n) is 9.59. The summed E-state index contributed by atoms with van der Waals surface area (Å²) in [7, 11) is 3.11. The monoisotopic (exact) mass is 428 g/mol. The van der Waals surface area contributed by atoms with Gasteiger partial charge in [-0.2, -0.15) is 0 Å². The highest BCUT2D eigenvalue weighted by atomic mass is 16.6. The number of aldehydes is 1. The fourth-order valence-electron chi connectivity index (χ4n) is 3.21. The number of hydrogen-bond donors (Lipinski definition) is 1. The van der Waals surface area contributed by atoms with E-state index < -0.39 is 12.2 Å². The van der Waals surface area contributed by atoms with Gasteiger partial charge in [-0.3, -0.25) is 9.59 Å². The van der Waals surface area contributed by atoms with Gasteiger partial charge in [0, 0.05) is 19.0 Å². The standard InChI is InChI=1S/C22H24N2O7/c1-14(26)23-19-6-5-17(9-16(19)12-25)30-13-18-11-24(22(27)31-18)10-15-4-7-20(28-2)21(8-15)29-3/h4-9,12,18H,10-11,13H2,1-3H3,(H,23,26). The van der Waals surface area contributed by atoms with E-state index in [9.17, 15) is 14.4 Å². The van der Waals surface area contributed by atoms with Crippen LogP contribution in [-0.4, -0.2) is 56.7 Å². The van der Waals surface area contributed by atoms with Crippen LogP contribution in [0.1, 0.15) is 22.8 Å². The van der Waals surface area contributed by atoms with Crippen LogP contribution in [0.3, 0.4) is 0 Å². The lowest BCUT2D eigenvalue weighted by Gasteiger charge is -2.15. The zero-order valence-corrected chi connectivity index (χ0v) is 17.5. The number of rotatable bonds is 9. The van der Waals surface area contributed by atoms with E-state index in [-0.39, 0.29) is 12.5 Å². The number of anilines is 1. The van der Waals surface area contributed by atoms with E-state index in [0.717, 1.165) is 5.56 Å². The Morgan fingerprint density at radius 3 is 2.65 bits per heavy atom. The van der Waals surface area contributed by atoms with E-state index in [1.165, 1.54) is 13.0 Å². The predicted octanol–water partition coefficient (Wildman–Crippen LogP) is 2.87. The number of carbonyl (C=O) groups excluding carboxylic acids is 3. The minimum Gasteiger partial charge on any atom is -0.493 e. The van der Waals surface area contributed by atoms with Crippen molar-refractivity contribution in [1.29, 1.82) is 0 Å². The summed E-state index contributed by atoms with van der Waals surface area (Å²) in [5.74, 6) is 1.36. The largest absolute Gasteiger partial charge is 0.493 e. The molecule has 3 rings (SSSR count). The summed E-state index contributed by atoms with van der Waals surface area (Å²) in [6.45, 7) is 2.21. The third kappa shape index (κ3) is 5.44. The normalized spacial score (nSPS) is 15.3. The maximum Gasteiger partial charge on any atom is 0.410 e. The van der Waals surface area contributed by atoms with E-state index >= 15 is 0 Å². The van der Waals surface area contributed by atoms with Crippen molar-refractivity contribution in [3.05, 3.63) is 47.5 Å². The van der Waals surface area contributed by atoms with E-state index in [4.69, 9.17) is 18.9 Å². The average Bonchev–Trinajstić information content (AvgIpc) is 3.11. The van der Waals surface area contributed by atoms with Crippen LogP contribution in [-0.2, 0) is 16.1 Å². The Morgan fingerprint density at radius 1 is 1.19 bits per heavy atom. The molecule has 1 aliphatic heterocycles. The maximum atomic E-state index is 12.2. The van der Waals surface area contributed by atoms with Crippen LogP contribution in [0, 0.1) is 0 Å². The number of methoxy groups -OCH3 is 2. The fraction of sp³-hybridized carbons (Fsp3) is 0.318. The van der Waals surface area contributed by atoms with Crippen molar-refractivity contribution in [1.82, 2.24) is 4.90 Å². The number of nitrogens with zero attached hydrogens (tertiary/aromatic N) is 1. The van der Waals surface area contributed by atoms with Crippen molar-refractivity contribution >= 4 is 24.0 Å². The van der Waals surface area contributed by atoms with Gasteiger partial charge in [0.05, 0.1) is 26.5 Å². The van der Waals surface area contributed by atoms with E-state index in [1.54, 1.807) is 37.3 Å². The Bertz CT molecular complexity index is 976. The van der Waals surface area contributed by atoms with Gasteiger partial charge in [0.25, 0.3) is 0 Å². The molecule has 2 aromatic rings. The molecule has 0 spiro atoms. The second-order valence-electron chi connectivity index (χ2n) is 6.93. The fourth-order valence-corrected chi connectivity index (χ4v) is 3.21. The Kier molecular flexibility index (Phi) is 6.96. The summed E-state index contributed by atoms with van der Waals surface area (Å²) in [5, 5.41) is 2.58. The molecular formula is C22H24N2O7. The third-order valence-corrected chi connectivity index (χ3v) is 4.67. The van der Waals surface area contributed by atoms with Crippen LogP contribution in [0.15, 0.2) is 36.4 Å². The van der Waals surface area contributed by atoms with Crippen LogP contribution in [0.5, 0.6) is 17.2 Å². The highest BCUT2D eigenvalue weighted by Crippen LogP contribution is 2.29. The molecule has 0 aliphatic carbocycles. The number of hydrogen-bond acceptors (Lipinski definition) is 7. The Hall–Kier alpha value is -3.75. The first-order chi connectivity index (χ1) is 14.9. The molecule has 0 aromatic heterocycles. The first-order valence-corrected chi connectivity index (χ1v) is 9.59. The first kappa shape index (κ1) is 21.9. The lowest BCUT2D eigenvalue weighted by Crippen LogP contribution is -2.26. The second-order valence-corrected chi connectivity index (χ2v) is 6.93. The van der Waals surface area contributed by atoms with Crippen molar-refractivity contribution < 1.29 is 33.3 Å². The molecule has 1 fully saturated rings. The SMILES string of the molecule is COc1ccc(CN2CC(COc3ccc(NC(C)=O)c(C=O)c3)OC2=O)cc1OC. The minimum atomic E-state index is -0.456. The molecule has 9 heteroatoms. The molecule has 1 heterocycles. The zero-order chi connectivity index (χ0) is 22.4. The summed E-state index contributed by atoms with van der Waals surface area (Å²) >= 11 is 0. The molecule has 1 saturated heterocycles. The highest BCUT2D eigenvalue weighted by Gasteiger charge is 2.32. The number of nitrogens with one attached hydrogen (secondary N) is 1. The van der Waals surface area contributed by atoms with Gasteiger partial charge in [0.1, 0.15) is 12.4 Å². The lowest BCUT2D eigenvalue weighted by atomic mass is 10.2. The summed E-state index contributed by atoms with van der Waals surface area (Å²) in [6, 6.07) is 10.2. The Morgan fingerprint density at radius 2 is 1.97 bits per heavy atom. The summed E-state index contributed by atoms with van der Waals surface area (Å²) in [5.41, 5.74) is 1.58. The van der Waals surface area contributed by atoms with Crippen molar-refractivity contribution in [3.8, 4) is 17.2 Å². The number of carbonyl (C=O) groups is 3. The van der Waals surface area contributed by atoms with Gasteiger partial charge in [0.15, 0.2) is 23.9 Å². The zero-order valence-electron chi connectivity index (χ0n) is 17.5. The summed E-state index contributed by atoms with van der Waals surface area (Å²) in [6.07, 6.45) is -0.251. The van der Waals surface area contributed by atoms with E-state index in [0.29, 0.717) is 47.9 Å². The van der Waals surface area contributed by atoms with E-state index in [1.807, 2.05) is 12.1 Å². The van der Waals surface area contributed by atoms with Crippen molar-refractivity contribution in [2.75, 3.05) is 32.7 Å². The lowest BCUT2D eigenvalue weighted by molar-refractivity contribution is -0.114. The maximum absolute atomic E-state index is 12.2. The molecule has 0 radical (unpaired) electrons. The molecule has 0 bridgehead atoms. The molecule has 2 aromatic carbocycles. The van der Waals surface area contributed by atoms with Crippen LogP contribution < -0.4 is 19.5 Å². The van der Waals surface area contributed by atoms with Crippen LogP contribution in [0.4, 0.5) is 10.5 Å². The van der Waals surface area contributed by atoms with Gasteiger partial charge in [-0.15, -0.1) is 0 Å². The van der Waals surface area contributed by atoms with Gasteiger partial charge in [-0.1, -0.05) is 6.07 Å². The van der Waals surface area contributed by atoms with Gasteiger partial charge >= 0.3 is 6.09 Å². The number of ether oxygens (including phenoxy) is 4. The molecule has 31 heavy (non-hydrogen) atoms. The molecule has 2 amide bonds. The number of amides is 2. The smallest absolute Gasteiger partial charge is 0.410 e. The van der Waals surface area contributed by atoms with Crippen LogP contribution in [0.25, 0.3) is 0 Å². The molecule has 9 nitrogen and oxygen atoms in total. The quantitative estimate of drug-likeness (QED) is 0.613. The minimum absolute atomic E-state index is 0.131. The number of benzene rings is 2. The molecular weight excluding hydrogens is 404 g/mol. The molecule has 164 valence electrons. The molecule has 1 unspecified atom stereocenters. The van der Waals surface area contributed by atoms with E-state index in [2.05, 4.69) is 5.32 Å². The second kappa shape index (κ2) is 9.84. The van der Waals surface area contributed by atoms with Crippen molar-refractivity contribution in [2.24, 2.45) is 0 Å².